The van der Waals surface area contributed by atoms with Gasteiger partial charge in [0, 0.05) is 38.8 Å². The van der Waals surface area contributed by atoms with Crippen molar-refractivity contribution in [2.45, 2.75) is 50.7 Å². The largest absolute Gasteiger partial charge is 0.368 e. The Kier molecular flexibility index (Phi) is 6.73. The summed E-state index contributed by atoms with van der Waals surface area (Å²) in [5.74, 6) is 0.449. The molecule has 1 aromatic heterocycles. The highest BCUT2D eigenvalue weighted by atomic mass is 32.1. The van der Waals surface area contributed by atoms with Crippen LogP contribution in [-0.4, -0.2) is 70.1 Å². The lowest BCUT2D eigenvalue weighted by Gasteiger charge is -2.42. The average molecular weight is 497 g/mol. The number of carbonyl (C=O) groups excluding carboxylic acids is 1. The predicted octanol–water partition coefficient (Wildman–Crippen LogP) is 3.11. The van der Waals surface area contributed by atoms with Crippen molar-refractivity contribution in [1.29, 1.82) is 5.26 Å². The van der Waals surface area contributed by atoms with E-state index in [1.807, 2.05) is 18.2 Å². The first-order valence-electron chi connectivity index (χ1n) is 12.0. The highest BCUT2D eigenvalue weighted by Crippen LogP contribution is 2.42. The second kappa shape index (κ2) is 9.93. The minimum atomic E-state index is -1.02. The SMILES string of the molecule is N#Cc1ccccc1CN1C(N2CCC[C@@H](N)C2)=Nc2cc(C(=O)N3CCC(F)CC3)sc2C1O. The van der Waals surface area contributed by atoms with Gasteiger partial charge < -0.3 is 25.5 Å². The first-order valence-corrected chi connectivity index (χ1v) is 12.8. The molecule has 1 aromatic carbocycles. The van der Waals surface area contributed by atoms with Crippen LogP contribution in [0.5, 0.6) is 0 Å². The third-order valence-electron chi connectivity index (χ3n) is 6.89. The van der Waals surface area contributed by atoms with Gasteiger partial charge in [-0.1, -0.05) is 18.2 Å². The van der Waals surface area contributed by atoms with Crippen LogP contribution in [0.1, 0.15) is 57.6 Å². The fourth-order valence-electron chi connectivity index (χ4n) is 4.95. The van der Waals surface area contributed by atoms with Gasteiger partial charge in [0.2, 0.25) is 5.96 Å². The van der Waals surface area contributed by atoms with Gasteiger partial charge in [-0.25, -0.2) is 9.38 Å². The van der Waals surface area contributed by atoms with Crippen LogP contribution in [0.15, 0.2) is 35.3 Å². The third kappa shape index (κ3) is 4.76. The van der Waals surface area contributed by atoms with E-state index in [1.165, 1.54) is 11.3 Å². The fourth-order valence-corrected chi connectivity index (χ4v) is 6.02. The van der Waals surface area contributed by atoms with Crippen LogP contribution >= 0.6 is 11.3 Å². The van der Waals surface area contributed by atoms with Gasteiger partial charge in [-0.3, -0.25) is 4.79 Å². The second-order valence-electron chi connectivity index (χ2n) is 9.36. The van der Waals surface area contributed by atoms with Crippen LogP contribution in [-0.2, 0) is 6.54 Å². The Bertz CT molecular complexity index is 1170. The number of alkyl halides is 1. The molecule has 1 amide bonds. The zero-order valence-electron chi connectivity index (χ0n) is 19.4. The number of fused-ring (bicyclic) bond motifs is 1. The number of aliphatic imine (C=N–C) groups is 1. The maximum Gasteiger partial charge on any atom is 0.264 e. The summed E-state index contributed by atoms with van der Waals surface area (Å²) in [6, 6.07) is 11.3. The lowest BCUT2D eigenvalue weighted by atomic mass is 10.1. The number of hydrogen-bond acceptors (Lipinski definition) is 8. The molecule has 3 aliphatic heterocycles. The number of amides is 1. The Hall–Kier alpha value is -3.00. The molecule has 8 nitrogen and oxygen atoms in total. The van der Waals surface area contributed by atoms with E-state index in [0.717, 1.165) is 24.9 Å². The third-order valence-corrected chi connectivity index (χ3v) is 8.04. The van der Waals surface area contributed by atoms with Gasteiger partial charge in [-0.2, -0.15) is 5.26 Å². The number of aliphatic hydroxyl groups is 1. The Labute approximate surface area is 208 Å². The Morgan fingerprint density at radius 2 is 2.03 bits per heavy atom. The van der Waals surface area contributed by atoms with Crippen LogP contribution < -0.4 is 5.73 Å². The van der Waals surface area contributed by atoms with Gasteiger partial charge in [0.15, 0.2) is 6.23 Å². The number of rotatable bonds is 3. The summed E-state index contributed by atoms with van der Waals surface area (Å²) in [5, 5.41) is 21.1. The predicted molar refractivity (Wildman–Crippen MR) is 132 cm³/mol. The molecule has 5 rings (SSSR count). The smallest absolute Gasteiger partial charge is 0.264 e. The zero-order valence-corrected chi connectivity index (χ0v) is 20.3. The van der Waals surface area contributed by atoms with Crippen molar-refractivity contribution in [1.82, 2.24) is 14.7 Å². The molecule has 184 valence electrons. The van der Waals surface area contributed by atoms with Crippen molar-refractivity contribution in [3.63, 3.8) is 0 Å². The molecule has 0 spiro atoms. The molecule has 2 saturated heterocycles. The van der Waals surface area contributed by atoms with E-state index >= 15 is 0 Å². The quantitative estimate of drug-likeness (QED) is 0.676. The van der Waals surface area contributed by atoms with Gasteiger partial charge in [0.05, 0.1) is 27.1 Å². The van der Waals surface area contributed by atoms with Crippen molar-refractivity contribution in [2.75, 3.05) is 26.2 Å². The van der Waals surface area contributed by atoms with Gasteiger partial charge in [0.25, 0.3) is 5.91 Å². The van der Waals surface area contributed by atoms with E-state index in [-0.39, 0.29) is 11.9 Å². The van der Waals surface area contributed by atoms with E-state index in [2.05, 4.69) is 11.0 Å². The number of hydrogen-bond donors (Lipinski definition) is 2. The maximum absolute atomic E-state index is 13.6. The number of nitriles is 1. The lowest BCUT2D eigenvalue weighted by molar-refractivity contribution is 0.0362. The topological polar surface area (TPSA) is 109 Å². The number of nitrogens with zero attached hydrogens (tertiary/aromatic N) is 5. The number of benzene rings is 1. The molecule has 2 fully saturated rings. The molecule has 10 heteroatoms. The van der Waals surface area contributed by atoms with E-state index in [1.54, 1.807) is 21.9 Å². The van der Waals surface area contributed by atoms with Gasteiger partial charge >= 0.3 is 0 Å². The van der Waals surface area contributed by atoms with Gasteiger partial charge in [0.1, 0.15) is 6.17 Å². The number of nitrogens with two attached hydrogens (primary N) is 1. The molecular formula is C25H29FN6O2S. The molecule has 35 heavy (non-hydrogen) atoms. The Balaban J connectivity index is 1.48. The summed E-state index contributed by atoms with van der Waals surface area (Å²) in [5.41, 5.74) is 8.15. The van der Waals surface area contributed by atoms with Gasteiger partial charge in [-0.05, 0) is 43.4 Å². The standard InChI is InChI=1S/C25H29FN6O2S/c26-18-7-10-30(11-8-18)23(33)21-12-20-22(35-21)24(34)32(14-17-5-2-1-4-16(17)13-27)25(29-20)31-9-3-6-19(28)15-31/h1-2,4-5,12,18-19,24,34H,3,6-11,14-15,28H2/t19-,24?/m1/s1. The fraction of sp³-hybridized carbons (Fsp3) is 0.480. The van der Waals surface area contributed by atoms with Crippen molar-refractivity contribution < 1.29 is 14.3 Å². The van der Waals surface area contributed by atoms with Crippen molar-refractivity contribution in [2.24, 2.45) is 10.7 Å². The van der Waals surface area contributed by atoms with Crippen molar-refractivity contribution in [3.05, 3.63) is 51.2 Å². The highest BCUT2D eigenvalue weighted by Gasteiger charge is 2.36. The number of piperidine rings is 2. The van der Waals surface area contributed by atoms with Crippen LogP contribution in [0.25, 0.3) is 0 Å². The average Bonchev–Trinajstić information content (AvgIpc) is 3.30. The number of aliphatic hydroxyl groups excluding tert-OH is 1. The van der Waals surface area contributed by atoms with Crippen molar-refractivity contribution >= 4 is 28.9 Å². The molecule has 0 aliphatic carbocycles. The first-order chi connectivity index (χ1) is 16.9. The Morgan fingerprint density at radius 3 is 2.77 bits per heavy atom. The maximum atomic E-state index is 13.6. The molecule has 3 aliphatic rings. The first kappa shape index (κ1) is 23.7. The molecule has 2 aromatic rings. The normalized spacial score (nSPS) is 23.0. The summed E-state index contributed by atoms with van der Waals surface area (Å²) in [7, 11) is 0. The number of thiophene rings is 1. The molecule has 1 unspecified atom stereocenters. The number of carbonyl (C=O) groups is 1. The minimum absolute atomic E-state index is 0.0104. The summed E-state index contributed by atoms with van der Waals surface area (Å²) in [6.07, 6.45) is 0.674. The van der Waals surface area contributed by atoms with Crippen LogP contribution in [0.2, 0.25) is 0 Å². The number of halogens is 1. The van der Waals surface area contributed by atoms with E-state index in [9.17, 15) is 19.6 Å². The summed E-state index contributed by atoms with van der Waals surface area (Å²) in [4.78, 5) is 24.6. The van der Waals surface area contributed by atoms with E-state index < -0.39 is 12.4 Å². The highest BCUT2D eigenvalue weighted by molar-refractivity contribution is 7.14. The Morgan fingerprint density at radius 1 is 1.26 bits per heavy atom. The van der Waals surface area contributed by atoms with Gasteiger partial charge in [-0.15, -0.1) is 11.3 Å². The second-order valence-corrected chi connectivity index (χ2v) is 10.4. The monoisotopic (exact) mass is 496 g/mol. The number of likely N-dealkylation sites (tertiary alicyclic amines) is 2. The number of guanidine groups is 1. The molecule has 0 saturated carbocycles. The minimum Gasteiger partial charge on any atom is -0.368 e. The lowest BCUT2D eigenvalue weighted by Crippen LogP contribution is -2.53. The summed E-state index contributed by atoms with van der Waals surface area (Å²) >= 11 is 1.23. The van der Waals surface area contributed by atoms with Crippen LogP contribution in [0.3, 0.4) is 0 Å². The molecule has 3 N–H and O–H groups in total. The molecular weight excluding hydrogens is 467 g/mol. The van der Waals surface area contributed by atoms with E-state index in [4.69, 9.17) is 10.7 Å². The van der Waals surface area contributed by atoms with E-state index in [0.29, 0.717) is 66.0 Å². The molecule has 0 bridgehead atoms. The molecule has 2 atom stereocenters. The zero-order chi connectivity index (χ0) is 24.5. The van der Waals surface area contributed by atoms with Crippen LogP contribution in [0.4, 0.5) is 10.1 Å². The molecule has 0 radical (unpaired) electrons. The van der Waals surface area contributed by atoms with Crippen molar-refractivity contribution in [3.8, 4) is 6.07 Å². The summed E-state index contributed by atoms with van der Waals surface area (Å²) in [6.45, 7) is 2.45. The summed E-state index contributed by atoms with van der Waals surface area (Å²) < 4.78 is 13.6. The molecule has 4 heterocycles. The van der Waals surface area contributed by atoms with Crippen LogP contribution in [0, 0.1) is 11.3 Å².